The van der Waals surface area contributed by atoms with Gasteiger partial charge in [0.1, 0.15) is 12.2 Å². The van der Waals surface area contributed by atoms with Crippen LogP contribution in [0.15, 0.2) is 60.7 Å². The summed E-state index contributed by atoms with van der Waals surface area (Å²) in [5.41, 5.74) is 4.17. The van der Waals surface area contributed by atoms with Crippen molar-refractivity contribution in [3.63, 3.8) is 0 Å². The van der Waals surface area contributed by atoms with Gasteiger partial charge < -0.3 is 14.8 Å². The minimum Gasteiger partial charge on any atom is -0.485 e. The predicted molar refractivity (Wildman–Crippen MR) is 120 cm³/mol. The van der Waals surface area contributed by atoms with Crippen molar-refractivity contribution < 1.29 is 14.3 Å². The molecular weight excluding hydrogens is 398 g/mol. The lowest BCUT2D eigenvalue weighted by molar-refractivity contribution is 0.102. The number of rotatable bonds is 5. The molecular formula is C25H24ClNO3. The Hall–Kier alpha value is -2.98. The first-order chi connectivity index (χ1) is 14.3. The third-order valence-electron chi connectivity index (χ3n) is 5.11. The Kier molecular flexibility index (Phi) is 5.44. The first-order valence-corrected chi connectivity index (χ1v) is 10.3. The fourth-order valence-corrected chi connectivity index (χ4v) is 3.71. The first kappa shape index (κ1) is 20.3. The van der Waals surface area contributed by atoms with Crippen molar-refractivity contribution in [3.8, 4) is 11.5 Å². The van der Waals surface area contributed by atoms with Crippen LogP contribution in [0.5, 0.6) is 11.5 Å². The molecule has 154 valence electrons. The summed E-state index contributed by atoms with van der Waals surface area (Å²) >= 11 is 6.03. The van der Waals surface area contributed by atoms with Crippen LogP contribution in [-0.4, -0.2) is 11.5 Å². The van der Waals surface area contributed by atoms with Gasteiger partial charge in [0.2, 0.25) is 0 Å². The number of halogens is 1. The quantitative estimate of drug-likeness (QED) is 0.534. The molecule has 1 aliphatic rings. The number of benzene rings is 3. The van der Waals surface area contributed by atoms with Gasteiger partial charge in [-0.05, 0) is 62.2 Å². The number of carbonyl (C=O) groups excluding carboxylic acids is 1. The summed E-state index contributed by atoms with van der Waals surface area (Å²) in [5, 5.41) is 3.50. The molecule has 5 heteroatoms. The molecule has 4 nitrogen and oxygen atoms in total. The van der Waals surface area contributed by atoms with Crippen LogP contribution in [0, 0.1) is 6.92 Å². The molecule has 1 N–H and O–H groups in total. The molecule has 0 radical (unpaired) electrons. The van der Waals surface area contributed by atoms with Crippen molar-refractivity contribution in [2.45, 2.75) is 39.4 Å². The zero-order valence-corrected chi connectivity index (χ0v) is 18.0. The molecule has 0 fully saturated rings. The molecule has 0 aromatic heterocycles. The van der Waals surface area contributed by atoms with Crippen LogP contribution >= 0.6 is 11.6 Å². The van der Waals surface area contributed by atoms with Gasteiger partial charge in [0, 0.05) is 28.3 Å². The molecule has 0 saturated heterocycles. The molecule has 0 spiro atoms. The second kappa shape index (κ2) is 8.04. The van der Waals surface area contributed by atoms with Gasteiger partial charge in [-0.3, -0.25) is 4.79 Å². The van der Waals surface area contributed by atoms with Crippen molar-refractivity contribution >= 4 is 23.2 Å². The van der Waals surface area contributed by atoms with E-state index in [1.165, 1.54) is 5.56 Å². The third kappa shape index (κ3) is 4.44. The van der Waals surface area contributed by atoms with E-state index in [2.05, 4.69) is 25.2 Å². The lowest BCUT2D eigenvalue weighted by Crippen LogP contribution is -2.24. The maximum absolute atomic E-state index is 12.6. The van der Waals surface area contributed by atoms with Crippen molar-refractivity contribution in [2.75, 3.05) is 5.32 Å². The standard InChI is InChI=1S/C25H24ClNO3/c1-16-7-12-20(26)13-21(16)27-24(28)18-10-8-17(9-11-18)15-29-22-6-4-5-19-14-25(2,3)30-23(19)22/h4-13H,14-15H2,1-3H3,(H,27,28). The average molecular weight is 422 g/mol. The number of amides is 1. The van der Waals surface area contributed by atoms with E-state index >= 15 is 0 Å². The molecule has 0 atom stereocenters. The molecule has 30 heavy (non-hydrogen) atoms. The van der Waals surface area contributed by atoms with Crippen LogP contribution in [-0.2, 0) is 13.0 Å². The van der Waals surface area contributed by atoms with E-state index in [0.717, 1.165) is 29.0 Å². The number of hydrogen-bond acceptors (Lipinski definition) is 3. The summed E-state index contributed by atoms with van der Waals surface area (Å²) < 4.78 is 12.1. The molecule has 1 aliphatic heterocycles. The van der Waals surface area contributed by atoms with Gasteiger partial charge in [-0.2, -0.15) is 0 Å². The summed E-state index contributed by atoms with van der Waals surface area (Å²) in [6.45, 7) is 6.48. The second-order valence-electron chi connectivity index (χ2n) is 8.18. The van der Waals surface area contributed by atoms with Crippen LogP contribution in [0.25, 0.3) is 0 Å². The first-order valence-electron chi connectivity index (χ1n) is 9.91. The SMILES string of the molecule is Cc1ccc(Cl)cc1NC(=O)c1ccc(COc2cccc3c2OC(C)(C)C3)cc1. The van der Waals surface area contributed by atoms with Gasteiger partial charge in [0.05, 0.1) is 0 Å². The van der Waals surface area contributed by atoms with Gasteiger partial charge in [0.25, 0.3) is 5.91 Å². The normalized spacial score (nSPS) is 14.0. The largest absolute Gasteiger partial charge is 0.485 e. The summed E-state index contributed by atoms with van der Waals surface area (Å²) in [4.78, 5) is 12.6. The van der Waals surface area contributed by atoms with Crippen LogP contribution in [0.2, 0.25) is 5.02 Å². The highest BCUT2D eigenvalue weighted by Gasteiger charge is 2.32. The lowest BCUT2D eigenvalue weighted by atomic mass is 10.0. The molecule has 3 aromatic rings. The number of para-hydroxylation sites is 1. The molecule has 0 bridgehead atoms. The molecule has 1 amide bonds. The fourth-order valence-electron chi connectivity index (χ4n) is 3.54. The highest BCUT2D eigenvalue weighted by atomic mass is 35.5. The maximum atomic E-state index is 12.6. The Balaban J connectivity index is 1.41. The molecule has 0 saturated carbocycles. The summed E-state index contributed by atoms with van der Waals surface area (Å²) in [6, 6.07) is 18.8. The van der Waals surface area contributed by atoms with Crippen molar-refractivity contribution in [1.82, 2.24) is 0 Å². The van der Waals surface area contributed by atoms with E-state index in [9.17, 15) is 4.79 Å². The van der Waals surface area contributed by atoms with Crippen LogP contribution in [0.1, 0.15) is 40.9 Å². The molecule has 4 rings (SSSR count). The topological polar surface area (TPSA) is 47.6 Å². The number of hydrogen-bond donors (Lipinski definition) is 1. The molecule has 1 heterocycles. The van der Waals surface area contributed by atoms with E-state index in [-0.39, 0.29) is 11.5 Å². The van der Waals surface area contributed by atoms with Gasteiger partial charge in [-0.25, -0.2) is 0 Å². The Morgan fingerprint density at radius 2 is 1.90 bits per heavy atom. The fraction of sp³-hybridized carbons (Fsp3) is 0.240. The molecule has 0 unspecified atom stereocenters. The van der Waals surface area contributed by atoms with Crippen molar-refractivity contribution in [3.05, 3.63) is 87.9 Å². The zero-order chi connectivity index (χ0) is 21.3. The van der Waals surface area contributed by atoms with E-state index < -0.39 is 0 Å². The Morgan fingerprint density at radius 3 is 2.67 bits per heavy atom. The number of ether oxygens (including phenoxy) is 2. The van der Waals surface area contributed by atoms with Gasteiger partial charge >= 0.3 is 0 Å². The van der Waals surface area contributed by atoms with Crippen molar-refractivity contribution in [2.24, 2.45) is 0 Å². The third-order valence-corrected chi connectivity index (χ3v) is 5.35. The number of fused-ring (bicyclic) bond motifs is 1. The lowest BCUT2D eigenvalue weighted by Gasteiger charge is -2.18. The van der Waals surface area contributed by atoms with E-state index in [4.69, 9.17) is 21.1 Å². The Morgan fingerprint density at radius 1 is 1.13 bits per heavy atom. The number of carbonyl (C=O) groups is 1. The summed E-state index contributed by atoms with van der Waals surface area (Å²) in [5.74, 6) is 1.40. The summed E-state index contributed by atoms with van der Waals surface area (Å²) in [6.07, 6.45) is 0.870. The minimum absolute atomic E-state index is 0.177. The number of anilines is 1. The smallest absolute Gasteiger partial charge is 0.255 e. The number of nitrogens with one attached hydrogen (secondary N) is 1. The average Bonchev–Trinajstić information content (AvgIpc) is 3.04. The van der Waals surface area contributed by atoms with Crippen LogP contribution in [0.3, 0.4) is 0 Å². The van der Waals surface area contributed by atoms with E-state index in [1.54, 1.807) is 24.3 Å². The Bertz CT molecular complexity index is 1090. The van der Waals surface area contributed by atoms with E-state index in [1.807, 2.05) is 37.3 Å². The highest BCUT2D eigenvalue weighted by Crippen LogP contribution is 2.41. The van der Waals surface area contributed by atoms with Gasteiger partial charge in [0.15, 0.2) is 11.5 Å². The number of aryl methyl sites for hydroxylation is 1. The van der Waals surface area contributed by atoms with Crippen molar-refractivity contribution in [1.29, 1.82) is 0 Å². The minimum atomic E-state index is -0.210. The van der Waals surface area contributed by atoms with Gasteiger partial charge in [-0.1, -0.05) is 41.9 Å². The summed E-state index contributed by atoms with van der Waals surface area (Å²) in [7, 11) is 0. The van der Waals surface area contributed by atoms with Crippen LogP contribution in [0.4, 0.5) is 5.69 Å². The maximum Gasteiger partial charge on any atom is 0.255 e. The Labute approximate surface area is 181 Å². The molecule has 0 aliphatic carbocycles. The van der Waals surface area contributed by atoms with E-state index in [0.29, 0.717) is 22.9 Å². The molecule has 3 aromatic carbocycles. The second-order valence-corrected chi connectivity index (χ2v) is 8.62. The van der Waals surface area contributed by atoms with Gasteiger partial charge in [-0.15, -0.1) is 0 Å². The predicted octanol–water partition coefficient (Wildman–Crippen LogP) is 6.19. The zero-order valence-electron chi connectivity index (χ0n) is 17.3. The monoisotopic (exact) mass is 421 g/mol. The van der Waals surface area contributed by atoms with Crippen LogP contribution < -0.4 is 14.8 Å². The highest BCUT2D eigenvalue weighted by molar-refractivity contribution is 6.31.